The van der Waals surface area contributed by atoms with Crippen molar-refractivity contribution in [3.63, 3.8) is 0 Å². The second kappa shape index (κ2) is 11.0. The van der Waals surface area contributed by atoms with Crippen LogP contribution in [0.5, 0.6) is 0 Å². The number of aromatic amines is 1. The first-order valence-electron chi connectivity index (χ1n) is 13.4. The van der Waals surface area contributed by atoms with E-state index in [0.717, 1.165) is 55.3 Å². The molecule has 2 aromatic heterocycles. The molecule has 6 rings (SSSR count). The number of carboxylic acid groups (broad SMARTS) is 1. The van der Waals surface area contributed by atoms with E-state index < -0.39 is 17.9 Å². The third-order valence-corrected chi connectivity index (χ3v) is 7.16. The number of hydrogen-bond donors (Lipinski definition) is 3. The highest BCUT2D eigenvalue weighted by Gasteiger charge is 2.21. The molecule has 0 bridgehead atoms. The lowest BCUT2D eigenvalue weighted by Gasteiger charge is -2.12. The van der Waals surface area contributed by atoms with E-state index >= 15 is 0 Å². The smallest absolute Gasteiger partial charge is 0.326 e. The van der Waals surface area contributed by atoms with Crippen LogP contribution in [0.15, 0.2) is 109 Å². The number of fused-ring (bicyclic) bond motifs is 2. The van der Waals surface area contributed by atoms with Crippen molar-refractivity contribution in [3.05, 3.63) is 126 Å². The van der Waals surface area contributed by atoms with Gasteiger partial charge in [0.15, 0.2) is 0 Å². The minimum absolute atomic E-state index is 0.159. The van der Waals surface area contributed by atoms with E-state index in [-0.39, 0.29) is 6.42 Å². The Morgan fingerprint density at radius 2 is 1.78 bits per heavy atom. The Hall–Kier alpha value is -5.43. The van der Waals surface area contributed by atoms with Crippen LogP contribution in [0.2, 0.25) is 0 Å². The van der Waals surface area contributed by atoms with Crippen LogP contribution in [0.4, 0.5) is 0 Å². The van der Waals surface area contributed by atoms with Crippen LogP contribution in [0.25, 0.3) is 44.7 Å². The second-order valence-electron chi connectivity index (χ2n) is 10.1. The molecule has 0 aliphatic carbocycles. The number of nitrogens with one attached hydrogen (secondary N) is 2. The van der Waals surface area contributed by atoms with Gasteiger partial charge in [-0.25, -0.2) is 9.48 Å². The molecule has 1 atom stereocenters. The molecule has 41 heavy (non-hydrogen) atoms. The molecular formula is C34H28N4O3. The van der Waals surface area contributed by atoms with E-state index in [9.17, 15) is 14.7 Å². The van der Waals surface area contributed by atoms with Gasteiger partial charge in [0.05, 0.1) is 11.4 Å². The number of para-hydroxylation sites is 1. The van der Waals surface area contributed by atoms with Gasteiger partial charge in [0.2, 0.25) is 5.91 Å². The standard InChI is InChI=1S/C34H28N4O3/c1-22-7-6-10-28(17-22)38-21-26(33(37-38)25-14-13-23-8-2-3-9-24(23)18-25)15-16-32(39)36-31(34(40)41)19-27-20-35-30-12-5-4-11-29(27)30/h2-18,20-21,31,35H,19H2,1H3,(H,36,39)(H,40,41)/b16-15-/t31-/m0/s1. The van der Waals surface area contributed by atoms with Crippen LogP contribution in [0, 0.1) is 6.92 Å². The number of carbonyl (C=O) groups excluding carboxylic acids is 1. The molecule has 1 amide bonds. The van der Waals surface area contributed by atoms with Gasteiger partial charge in [-0.3, -0.25) is 4.79 Å². The molecule has 0 saturated carbocycles. The summed E-state index contributed by atoms with van der Waals surface area (Å²) in [7, 11) is 0. The van der Waals surface area contributed by atoms with Crippen LogP contribution >= 0.6 is 0 Å². The van der Waals surface area contributed by atoms with Crippen molar-refractivity contribution in [2.24, 2.45) is 0 Å². The quantitative estimate of drug-likeness (QED) is 0.197. The molecule has 0 spiro atoms. The molecule has 2 heterocycles. The molecule has 0 aliphatic rings. The summed E-state index contributed by atoms with van der Waals surface area (Å²) in [6.07, 6.45) is 6.88. The fourth-order valence-electron chi connectivity index (χ4n) is 5.08. The highest BCUT2D eigenvalue weighted by molar-refractivity contribution is 5.96. The van der Waals surface area contributed by atoms with Crippen LogP contribution in [0.3, 0.4) is 0 Å². The molecule has 0 saturated heterocycles. The number of aryl methyl sites for hydroxylation is 1. The molecular weight excluding hydrogens is 512 g/mol. The molecule has 6 aromatic rings. The molecule has 3 N–H and O–H groups in total. The summed E-state index contributed by atoms with van der Waals surface area (Å²) in [5.41, 5.74) is 6.13. The molecule has 202 valence electrons. The highest BCUT2D eigenvalue weighted by atomic mass is 16.4. The fourth-order valence-corrected chi connectivity index (χ4v) is 5.08. The van der Waals surface area contributed by atoms with Gasteiger partial charge in [-0.2, -0.15) is 5.10 Å². The molecule has 4 aromatic carbocycles. The predicted molar refractivity (Wildman–Crippen MR) is 162 cm³/mol. The van der Waals surface area contributed by atoms with Crippen LogP contribution in [-0.4, -0.2) is 37.8 Å². The monoisotopic (exact) mass is 540 g/mol. The average Bonchev–Trinajstić information content (AvgIpc) is 3.60. The van der Waals surface area contributed by atoms with Crippen molar-refractivity contribution in [1.29, 1.82) is 0 Å². The van der Waals surface area contributed by atoms with Crippen molar-refractivity contribution < 1.29 is 14.7 Å². The van der Waals surface area contributed by atoms with Crippen molar-refractivity contribution in [1.82, 2.24) is 20.1 Å². The molecule has 7 nitrogen and oxygen atoms in total. The summed E-state index contributed by atoms with van der Waals surface area (Å²) in [5, 5.41) is 20.5. The summed E-state index contributed by atoms with van der Waals surface area (Å²) in [4.78, 5) is 28.2. The van der Waals surface area contributed by atoms with Gasteiger partial charge in [-0.05, 0) is 59.2 Å². The zero-order chi connectivity index (χ0) is 28.3. The van der Waals surface area contributed by atoms with Crippen LogP contribution in [-0.2, 0) is 16.0 Å². The van der Waals surface area contributed by atoms with Gasteiger partial charge in [0, 0.05) is 46.9 Å². The maximum absolute atomic E-state index is 13.0. The lowest BCUT2D eigenvalue weighted by molar-refractivity contribution is -0.141. The fraction of sp³-hybridized carbons (Fsp3) is 0.0882. The SMILES string of the molecule is Cc1cccc(-n2cc(/C=C\C(=O)N[C@@H](Cc3c[nH]c4ccccc34)C(=O)O)c(-c3ccc4ccccc4c3)n2)c1. The molecule has 7 heteroatoms. The minimum atomic E-state index is -1.10. The Morgan fingerprint density at radius 1 is 0.976 bits per heavy atom. The Labute approximate surface area is 236 Å². The normalized spacial score (nSPS) is 12.2. The van der Waals surface area contributed by atoms with Crippen molar-refractivity contribution in [2.45, 2.75) is 19.4 Å². The highest BCUT2D eigenvalue weighted by Crippen LogP contribution is 2.28. The topological polar surface area (TPSA) is 100 Å². The number of H-pyrrole nitrogens is 1. The molecule has 0 unspecified atom stereocenters. The molecule has 0 aliphatic heterocycles. The number of rotatable bonds is 8. The number of nitrogens with zero attached hydrogens (tertiary/aromatic N) is 2. The van der Waals surface area contributed by atoms with E-state index in [2.05, 4.69) is 34.6 Å². The van der Waals surface area contributed by atoms with Crippen molar-refractivity contribution in [2.75, 3.05) is 0 Å². The summed E-state index contributed by atoms with van der Waals surface area (Å²) in [5.74, 6) is -1.59. The third kappa shape index (κ3) is 5.51. The van der Waals surface area contributed by atoms with Gasteiger partial charge in [-0.1, -0.05) is 66.7 Å². The zero-order valence-electron chi connectivity index (χ0n) is 22.4. The first kappa shape index (κ1) is 25.8. The maximum Gasteiger partial charge on any atom is 0.326 e. The lowest BCUT2D eigenvalue weighted by atomic mass is 10.0. The van der Waals surface area contributed by atoms with E-state index in [1.807, 2.05) is 79.9 Å². The first-order chi connectivity index (χ1) is 19.9. The Balaban J connectivity index is 1.29. The van der Waals surface area contributed by atoms with Gasteiger partial charge in [0.25, 0.3) is 0 Å². The summed E-state index contributed by atoms with van der Waals surface area (Å²) < 4.78 is 1.80. The van der Waals surface area contributed by atoms with E-state index in [1.165, 1.54) is 6.08 Å². The Morgan fingerprint density at radius 3 is 2.61 bits per heavy atom. The largest absolute Gasteiger partial charge is 0.480 e. The number of benzene rings is 4. The minimum Gasteiger partial charge on any atom is -0.480 e. The van der Waals surface area contributed by atoms with Crippen LogP contribution < -0.4 is 5.32 Å². The van der Waals surface area contributed by atoms with E-state index in [4.69, 9.17) is 5.10 Å². The number of carboxylic acids is 1. The van der Waals surface area contributed by atoms with Crippen molar-refractivity contribution >= 4 is 39.6 Å². The van der Waals surface area contributed by atoms with Gasteiger partial charge < -0.3 is 15.4 Å². The summed E-state index contributed by atoms with van der Waals surface area (Å²) in [6.45, 7) is 2.03. The predicted octanol–water partition coefficient (Wildman–Crippen LogP) is 6.31. The zero-order valence-corrected chi connectivity index (χ0v) is 22.4. The van der Waals surface area contributed by atoms with Gasteiger partial charge in [0.1, 0.15) is 6.04 Å². The summed E-state index contributed by atoms with van der Waals surface area (Å²) in [6, 6.07) is 28.9. The van der Waals surface area contributed by atoms with E-state index in [1.54, 1.807) is 17.0 Å². The van der Waals surface area contributed by atoms with Gasteiger partial charge >= 0.3 is 5.97 Å². The Bertz CT molecular complexity index is 1930. The number of carbonyl (C=O) groups is 2. The number of hydrogen-bond acceptors (Lipinski definition) is 3. The number of aromatic nitrogens is 3. The second-order valence-corrected chi connectivity index (χ2v) is 10.1. The molecule has 0 fully saturated rings. The first-order valence-corrected chi connectivity index (χ1v) is 13.4. The average molecular weight is 541 g/mol. The van der Waals surface area contributed by atoms with Crippen molar-refractivity contribution in [3.8, 4) is 16.9 Å². The van der Waals surface area contributed by atoms with Crippen LogP contribution in [0.1, 0.15) is 16.7 Å². The lowest BCUT2D eigenvalue weighted by Crippen LogP contribution is -2.41. The number of aliphatic carboxylic acids is 1. The number of amides is 1. The Kier molecular flexibility index (Phi) is 6.92. The van der Waals surface area contributed by atoms with Gasteiger partial charge in [-0.15, -0.1) is 0 Å². The summed E-state index contributed by atoms with van der Waals surface area (Å²) >= 11 is 0. The third-order valence-electron chi connectivity index (χ3n) is 7.16. The molecule has 0 radical (unpaired) electrons. The maximum atomic E-state index is 13.0. The van der Waals surface area contributed by atoms with E-state index in [0.29, 0.717) is 0 Å².